The van der Waals surface area contributed by atoms with E-state index >= 15 is 0 Å². The lowest BCUT2D eigenvalue weighted by Gasteiger charge is -2.14. The van der Waals surface area contributed by atoms with Crippen LogP contribution < -0.4 is 10.6 Å². The van der Waals surface area contributed by atoms with Gasteiger partial charge in [0.05, 0.1) is 12.2 Å². The van der Waals surface area contributed by atoms with Crippen LogP contribution in [0.3, 0.4) is 0 Å². The number of rotatable bonds is 4. The summed E-state index contributed by atoms with van der Waals surface area (Å²) in [6, 6.07) is 11.8. The molecule has 0 aliphatic heterocycles. The third-order valence-corrected chi connectivity index (χ3v) is 3.94. The van der Waals surface area contributed by atoms with Crippen LogP contribution in [0.5, 0.6) is 0 Å². The largest absolute Gasteiger partial charge is 0.376 e. The Balaban J connectivity index is 2.01. The highest BCUT2D eigenvalue weighted by molar-refractivity contribution is 9.10. The molecule has 2 aromatic rings. The molecule has 2 rings (SSSR count). The van der Waals surface area contributed by atoms with E-state index in [4.69, 9.17) is 0 Å². The molecule has 0 aliphatic carbocycles. The van der Waals surface area contributed by atoms with E-state index in [-0.39, 0.29) is 12.5 Å². The molecule has 0 unspecified atom stereocenters. The molecule has 110 valence electrons. The maximum atomic E-state index is 12.0. The quantitative estimate of drug-likeness (QED) is 0.859. The summed E-state index contributed by atoms with van der Waals surface area (Å²) in [6.07, 6.45) is 0. The van der Waals surface area contributed by atoms with Gasteiger partial charge in [-0.2, -0.15) is 0 Å². The lowest BCUT2D eigenvalue weighted by Crippen LogP contribution is -2.22. The summed E-state index contributed by atoms with van der Waals surface area (Å²) in [7, 11) is 0. The minimum Gasteiger partial charge on any atom is -0.376 e. The molecular weight excluding hydrogens is 328 g/mol. The van der Waals surface area contributed by atoms with Crippen molar-refractivity contribution in [1.82, 2.24) is 0 Å². The number of anilines is 2. The van der Waals surface area contributed by atoms with Gasteiger partial charge >= 0.3 is 0 Å². The number of carbonyl (C=O) groups excluding carboxylic acids is 1. The first-order valence-electron chi connectivity index (χ1n) is 6.83. The van der Waals surface area contributed by atoms with E-state index in [0.29, 0.717) is 0 Å². The molecule has 0 fully saturated rings. The van der Waals surface area contributed by atoms with Crippen LogP contribution in [0, 0.1) is 20.8 Å². The zero-order valence-corrected chi connectivity index (χ0v) is 14.0. The first-order chi connectivity index (χ1) is 9.97. The van der Waals surface area contributed by atoms with Gasteiger partial charge in [-0.15, -0.1) is 0 Å². The van der Waals surface area contributed by atoms with Crippen LogP contribution in [0.15, 0.2) is 40.9 Å². The molecule has 0 saturated heterocycles. The number of halogens is 1. The molecule has 0 saturated carbocycles. The fourth-order valence-corrected chi connectivity index (χ4v) is 2.77. The van der Waals surface area contributed by atoms with Crippen LogP contribution in [-0.4, -0.2) is 12.5 Å². The van der Waals surface area contributed by atoms with Crippen LogP contribution in [0.4, 0.5) is 11.4 Å². The molecule has 0 heterocycles. The van der Waals surface area contributed by atoms with Gasteiger partial charge in [0.1, 0.15) is 0 Å². The SMILES string of the molecule is Cc1cc(C)c(NCC(=O)Nc2ccccc2Br)c(C)c1. The predicted molar refractivity (Wildman–Crippen MR) is 91.9 cm³/mol. The van der Waals surface area contributed by atoms with Crippen molar-refractivity contribution in [3.05, 3.63) is 57.6 Å². The van der Waals surface area contributed by atoms with Gasteiger partial charge in [0, 0.05) is 10.2 Å². The maximum Gasteiger partial charge on any atom is 0.243 e. The number of amides is 1. The van der Waals surface area contributed by atoms with Crippen molar-refractivity contribution in [2.45, 2.75) is 20.8 Å². The van der Waals surface area contributed by atoms with Gasteiger partial charge in [0.2, 0.25) is 5.91 Å². The number of hydrogen-bond acceptors (Lipinski definition) is 2. The highest BCUT2D eigenvalue weighted by Crippen LogP contribution is 2.23. The number of benzene rings is 2. The Morgan fingerprint density at radius 3 is 2.33 bits per heavy atom. The minimum atomic E-state index is -0.0683. The maximum absolute atomic E-state index is 12.0. The van der Waals surface area contributed by atoms with Gasteiger partial charge < -0.3 is 10.6 Å². The monoisotopic (exact) mass is 346 g/mol. The summed E-state index contributed by atoms with van der Waals surface area (Å²) >= 11 is 3.42. The highest BCUT2D eigenvalue weighted by atomic mass is 79.9. The van der Waals surface area contributed by atoms with Crippen molar-refractivity contribution < 1.29 is 4.79 Å². The van der Waals surface area contributed by atoms with E-state index in [1.165, 1.54) is 5.56 Å². The van der Waals surface area contributed by atoms with Crippen LogP contribution in [0.2, 0.25) is 0 Å². The lowest BCUT2D eigenvalue weighted by atomic mass is 10.1. The van der Waals surface area contributed by atoms with Gasteiger partial charge in [-0.3, -0.25) is 4.79 Å². The Bertz CT molecular complexity index is 645. The van der Waals surface area contributed by atoms with Gasteiger partial charge in [-0.1, -0.05) is 29.8 Å². The first-order valence-corrected chi connectivity index (χ1v) is 7.63. The van der Waals surface area contributed by atoms with E-state index in [2.05, 4.69) is 45.6 Å². The molecule has 0 bridgehead atoms. The number of aryl methyl sites for hydroxylation is 3. The van der Waals surface area contributed by atoms with Gasteiger partial charge in [0.15, 0.2) is 0 Å². The molecule has 0 aromatic heterocycles. The average Bonchev–Trinajstić information content (AvgIpc) is 2.40. The second-order valence-electron chi connectivity index (χ2n) is 5.16. The molecule has 2 aromatic carbocycles. The van der Waals surface area contributed by atoms with Crippen LogP contribution in [-0.2, 0) is 4.79 Å². The third-order valence-electron chi connectivity index (χ3n) is 3.25. The number of nitrogens with one attached hydrogen (secondary N) is 2. The number of carbonyl (C=O) groups is 1. The topological polar surface area (TPSA) is 41.1 Å². The van der Waals surface area contributed by atoms with Crippen molar-refractivity contribution in [1.29, 1.82) is 0 Å². The molecule has 1 amide bonds. The van der Waals surface area contributed by atoms with E-state index in [1.807, 2.05) is 38.1 Å². The Labute approximate surface area is 133 Å². The average molecular weight is 347 g/mol. The van der Waals surface area contributed by atoms with Crippen molar-refractivity contribution in [2.24, 2.45) is 0 Å². The fourth-order valence-electron chi connectivity index (χ4n) is 2.38. The summed E-state index contributed by atoms with van der Waals surface area (Å²) in [5, 5.41) is 6.10. The molecule has 0 spiro atoms. The number of hydrogen-bond donors (Lipinski definition) is 2. The summed E-state index contributed by atoms with van der Waals surface area (Å²) in [5.74, 6) is -0.0683. The molecular formula is C17H19BrN2O. The van der Waals surface area contributed by atoms with E-state index < -0.39 is 0 Å². The van der Waals surface area contributed by atoms with Crippen LogP contribution in [0.25, 0.3) is 0 Å². The van der Waals surface area contributed by atoms with Crippen LogP contribution in [0.1, 0.15) is 16.7 Å². The van der Waals surface area contributed by atoms with E-state index in [9.17, 15) is 4.79 Å². The van der Waals surface area contributed by atoms with E-state index in [0.717, 1.165) is 27.0 Å². The van der Waals surface area contributed by atoms with Crippen LogP contribution >= 0.6 is 15.9 Å². The molecule has 0 atom stereocenters. The standard InChI is InChI=1S/C17H19BrN2O/c1-11-8-12(2)17(13(3)9-11)19-10-16(21)20-15-7-5-4-6-14(15)18/h4-9,19H,10H2,1-3H3,(H,20,21). The first kappa shape index (κ1) is 15.6. The summed E-state index contributed by atoms with van der Waals surface area (Å²) in [6.45, 7) is 6.41. The Morgan fingerprint density at radius 2 is 1.71 bits per heavy atom. The number of para-hydroxylation sites is 1. The van der Waals surface area contributed by atoms with Gasteiger partial charge in [-0.05, 0) is 60.0 Å². The zero-order chi connectivity index (χ0) is 15.4. The van der Waals surface area contributed by atoms with E-state index in [1.54, 1.807) is 0 Å². The third kappa shape index (κ3) is 4.08. The second kappa shape index (κ2) is 6.76. The second-order valence-corrected chi connectivity index (χ2v) is 6.01. The molecule has 4 heteroatoms. The molecule has 0 radical (unpaired) electrons. The van der Waals surface area contributed by atoms with Gasteiger partial charge in [-0.25, -0.2) is 0 Å². The van der Waals surface area contributed by atoms with Crippen molar-refractivity contribution >= 4 is 33.2 Å². The van der Waals surface area contributed by atoms with Crippen molar-refractivity contribution in [3.8, 4) is 0 Å². The smallest absolute Gasteiger partial charge is 0.243 e. The lowest BCUT2D eigenvalue weighted by molar-refractivity contribution is -0.114. The zero-order valence-electron chi connectivity index (χ0n) is 12.5. The van der Waals surface area contributed by atoms with Gasteiger partial charge in [0.25, 0.3) is 0 Å². The molecule has 2 N–H and O–H groups in total. The minimum absolute atomic E-state index is 0.0683. The Morgan fingerprint density at radius 1 is 1.10 bits per heavy atom. The molecule has 21 heavy (non-hydrogen) atoms. The van der Waals surface area contributed by atoms with Crippen molar-refractivity contribution in [3.63, 3.8) is 0 Å². The Kier molecular flexibility index (Phi) is 5.02. The Hall–Kier alpha value is -1.81. The normalized spacial score (nSPS) is 10.3. The molecule has 3 nitrogen and oxygen atoms in total. The fraction of sp³-hybridized carbons (Fsp3) is 0.235. The van der Waals surface area contributed by atoms with Crippen molar-refractivity contribution in [2.75, 3.05) is 17.2 Å². The summed E-state index contributed by atoms with van der Waals surface area (Å²) < 4.78 is 0.876. The summed E-state index contributed by atoms with van der Waals surface area (Å²) in [4.78, 5) is 12.0. The highest BCUT2D eigenvalue weighted by Gasteiger charge is 2.08. The predicted octanol–water partition coefficient (Wildman–Crippen LogP) is 4.42. The summed E-state index contributed by atoms with van der Waals surface area (Å²) in [5.41, 5.74) is 5.35. The molecule has 0 aliphatic rings.